The molecule has 0 radical (unpaired) electrons. The first-order valence-corrected chi connectivity index (χ1v) is 4.25. The number of hydrogen-bond acceptors (Lipinski definition) is 2. The van der Waals surface area contributed by atoms with Gasteiger partial charge in [0.05, 0.1) is 16.9 Å². The van der Waals surface area contributed by atoms with E-state index >= 15 is 0 Å². The molecule has 2 heterocycles. The van der Waals surface area contributed by atoms with Gasteiger partial charge in [0.25, 0.3) is 0 Å². The molecule has 0 amide bonds. The van der Waals surface area contributed by atoms with Crippen molar-refractivity contribution in [1.82, 2.24) is 9.32 Å². The Labute approximate surface area is 76.8 Å². The second-order valence-corrected chi connectivity index (χ2v) is 3.42. The number of halogens is 1. The molecule has 2 aromatic heterocycles. The number of anilines is 1. The van der Waals surface area contributed by atoms with Gasteiger partial charge in [-0.05, 0) is 15.5 Å². The molecule has 62 valence electrons. The lowest BCUT2D eigenvalue weighted by Gasteiger charge is -1.99. The minimum absolute atomic E-state index is 0.514. The molecule has 2 N–H and O–H groups in total. The van der Waals surface area contributed by atoms with Gasteiger partial charge in [-0.15, -0.1) is 0 Å². The Morgan fingerprint density at radius 2 is 2.33 bits per heavy atom. The molecule has 5 heteroatoms. The predicted octanol–water partition coefficient (Wildman–Crippen LogP) is 1.91. The van der Waals surface area contributed by atoms with Crippen molar-refractivity contribution in [3.8, 4) is 0 Å². The van der Waals surface area contributed by atoms with Crippen molar-refractivity contribution < 1.29 is 0 Å². The number of nitrogen functional groups attached to an aromatic ring is 1. The van der Waals surface area contributed by atoms with E-state index in [4.69, 9.17) is 17.3 Å². The normalized spacial score (nSPS) is 10.8. The molecule has 0 aliphatic carbocycles. The molecule has 3 nitrogen and oxygen atoms in total. The second-order valence-electron chi connectivity index (χ2n) is 2.49. The van der Waals surface area contributed by atoms with Gasteiger partial charge in [-0.3, -0.25) is 0 Å². The van der Waals surface area contributed by atoms with Crippen LogP contribution in [-0.4, -0.2) is 9.32 Å². The first-order valence-electron chi connectivity index (χ1n) is 3.36. The molecule has 2 rings (SSSR count). The van der Waals surface area contributed by atoms with Crippen LogP contribution in [0.2, 0.25) is 5.02 Å². The lowest BCUT2D eigenvalue weighted by Crippen LogP contribution is -1.89. The minimum Gasteiger partial charge on any atom is -0.396 e. The second kappa shape index (κ2) is 2.61. The summed E-state index contributed by atoms with van der Waals surface area (Å²) >= 11 is 5.95. The highest BCUT2D eigenvalue weighted by atomic mass is 35.5. The SMILES string of the molecule is Nc1cnc2c(ccn2P)c1Cl. The van der Waals surface area contributed by atoms with E-state index in [1.165, 1.54) is 0 Å². The Bertz CT molecular complexity index is 437. The van der Waals surface area contributed by atoms with Gasteiger partial charge in [-0.2, -0.15) is 0 Å². The average Bonchev–Trinajstić information content (AvgIpc) is 2.41. The summed E-state index contributed by atoms with van der Waals surface area (Å²) < 4.78 is 1.82. The predicted molar refractivity (Wildman–Crippen MR) is 54.3 cm³/mol. The first kappa shape index (κ1) is 7.84. The molecular weight excluding hydrogens is 193 g/mol. The van der Waals surface area contributed by atoms with E-state index in [-0.39, 0.29) is 0 Å². The van der Waals surface area contributed by atoms with Crippen LogP contribution in [0.1, 0.15) is 0 Å². The molecule has 0 saturated carbocycles. The molecule has 0 saturated heterocycles. The van der Waals surface area contributed by atoms with Crippen molar-refractivity contribution in [3.63, 3.8) is 0 Å². The Balaban J connectivity index is 2.93. The van der Waals surface area contributed by atoms with Gasteiger partial charge >= 0.3 is 0 Å². The van der Waals surface area contributed by atoms with Gasteiger partial charge in [0.15, 0.2) is 0 Å². The largest absolute Gasteiger partial charge is 0.396 e. The Kier molecular flexibility index (Phi) is 1.71. The number of pyridine rings is 1. The maximum atomic E-state index is 5.95. The van der Waals surface area contributed by atoms with Gasteiger partial charge in [0, 0.05) is 11.6 Å². The number of nitrogens with two attached hydrogens (primary N) is 1. The molecule has 0 aliphatic rings. The van der Waals surface area contributed by atoms with Crippen molar-refractivity contribution >= 4 is 37.7 Å². The molecule has 0 spiro atoms. The molecule has 12 heavy (non-hydrogen) atoms. The van der Waals surface area contributed by atoms with E-state index in [0.29, 0.717) is 10.7 Å². The van der Waals surface area contributed by atoms with Crippen molar-refractivity contribution in [2.45, 2.75) is 0 Å². The van der Waals surface area contributed by atoms with Crippen LogP contribution in [0.25, 0.3) is 11.0 Å². The quantitative estimate of drug-likeness (QED) is 0.659. The van der Waals surface area contributed by atoms with Crippen molar-refractivity contribution in [2.24, 2.45) is 0 Å². The van der Waals surface area contributed by atoms with Crippen LogP contribution in [0.3, 0.4) is 0 Å². The number of hydrogen-bond donors (Lipinski definition) is 1. The fourth-order valence-corrected chi connectivity index (χ4v) is 1.58. The summed E-state index contributed by atoms with van der Waals surface area (Å²) in [6, 6.07) is 1.88. The smallest absolute Gasteiger partial charge is 0.144 e. The van der Waals surface area contributed by atoms with Crippen molar-refractivity contribution in [2.75, 3.05) is 5.73 Å². The molecule has 0 bridgehead atoms. The molecular formula is C7H7ClN3P. The van der Waals surface area contributed by atoms with E-state index in [1.807, 2.05) is 16.6 Å². The van der Waals surface area contributed by atoms with Gasteiger partial charge in [-0.1, -0.05) is 11.6 Å². The first-order chi connectivity index (χ1) is 5.70. The zero-order valence-corrected chi connectivity index (χ0v) is 8.07. The molecule has 0 aromatic carbocycles. The van der Waals surface area contributed by atoms with Crippen LogP contribution in [0.5, 0.6) is 0 Å². The highest BCUT2D eigenvalue weighted by Gasteiger charge is 2.05. The number of nitrogens with zero attached hydrogens (tertiary/aromatic N) is 2. The fourth-order valence-electron chi connectivity index (χ4n) is 1.09. The highest BCUT2D eigenvalue weighted by Crippen LogP contribution is 2.28. The number of aromatic nitrogens is 2. The van der Waals surface area contributed by atoms with Crippen molar-refractivity contribution in [1.29, 1.82) is 0 Å². The summed E-state index contributed by atoms with van der Waals surface area (Å²) in [5.74, 6) is 0. The van der Waals surface area contributed by atoms with Crippen LogP contribution in [-0.2, 0) is 0 Å². The Morgan fingerprint density at radius 3 is 3.08 bits per heavy atom. The average molecular weight is 200 g/mol. The Morgan fingerprint density at radius 1 is 1.58 bits per heavy atom. The van der Waals surface area contributed by atoms with Gasteiger partial charge in [0.1, 0.15) is 5.65 Å². The molecule has 0 fully saturated rings. The molecule has 1 atom stereocenters. The zero-order valence-electron chi connectivity index (χ0n) is 6.16. The third-order valence-electron chi connectivity index (χ3n) is 1.70. The maximum Gasteiger partial charge on any atom is 0.144 e. The highest BCUT2D eigenvalue weighted by molar-refractivity contribution is 7.14. The molecule has 1 unspecified atom stereocenters. The van der Waals surface area contributed by atoms with Gasteiger partial charge in [-0.25, -0.2) is 4.98 Å². The lowest BCUT2D eigenvalue weighted by molar-refractivity contribution is 1.26. The molecule has 2 aromatic rings. The standard InChI is InChI=1S/C7H7ClN3P/c8-6-4-1-2-11(12)7(4)10-3-5(6)9/h1-3H,9,12H2. The van der Waals surface area contributed by atoms with Gasteiger partial charge < -0.3 is 10.1 Å². The van der Waals surface area contributed by atoms with Crippen LogP contribution < -0.4 is 5.73 Å². The lowest BCUT2D eigenvalue weighted by atomic mass is 10.3. The fraction of sp³-hybridized carbons (Fsp3) is 0. The summed E-state index contributed by atoms with van der Waals surface area (Å²) in [6.45, 7) is 0. The van der Waals surface area contributed by atoms with Crippen molar-refractivity contribution in [3.05, 3.63) is 23.5 Å². The monoisotopic (exact) mass is 199 g/mol. The Hall–Kier alpha value is -0.790. The van der Waals surface area contributed by atoms with E-state index in [2.05, 4.69) is 14.4 Å². The van der Waals surface area contributed by atoms with E-state index < -0.39 is 0 Å². The third-order valence-corrected chi connectivity index (χ3v) is 2.54. The van der Waals surface area contributed by atoms with Crippen LogP contribution in [0.15, 0.2) is 18.5 Å². The number of fused-ring (bicyclic) bond motifs is 1. The van der Waals surface area contributed by atoms with Crippen LogP contribution >= 0.6 is 21.0 Å². The summed E-state index contributed by atoms with van der Waals surface area (Å²) in [7, 11) is 2.52. The van der Waals surface area contributed by atoms with Gasteiger partial charge in [0.2, 0.25) is 0 Å². The van der Waals surface area contributed by atoms with E-state index in [9.17, 15) is 0 Å². The molecule has 0 aliphatic heterocycles. The van der Waals surface area contributed by atoms with E-state index in [0.717, 1.165) is 11.0 Å². The summed E-state index contributed by atoms with van der Waals surface area (Å²) in [5, 5.41) is 1.45. The third kappa shape index (κ3) is 0.977. The maximum absolute atomic E-state index is 5.95. The van der Waals surface area contributed by atoms with Crippen LogP contribution in [0.4, 0.5) is 5.69 Å². The number of rotatable bonds is 0. The topological polar surface area (TPSA) is 43.8 Å². The summed E-state index contributed by atoms with van der Waals surface area (Å²) in [4.78, 5) is 4.13. The van der Waals surface area contributed by atoms with Crippen LogP contribution in [0, 0.1) is 0 Å². The summed E-state index contributed by atoms with van der Waals surface area (Å²) in [5.41, 5.74) is 6.92. The summed E-state index contributed by atoms with van der Waals surface area (Å²) in [6.07, 6.45) is 3.43. The zero-order chi connectivity index (χ0) is 8.72. The minimum atomic E-state index is 0.514. The van der Waals surface area contributed by atoms with E-state index in [1.54, 1.807) is 6.20 Å².